The van der Waals surface area contributed by atoms with Crippen LogP contribution < -0.4 is 0 Å². The molecule has 5 nitrogen and oxygen atoms in total. The van der Waals surface area contributed by atoms with Crippen LogP contribution in [0.25, 0.3) is 22.0 Å². The molecule has 0 spiro atoms. The number of carbonyl (C=O) groups is 1. The van der Waals surface area contributed by atoms with Crippen molar-refractivity contribution in [3.8, 4) is 10.8 Å². The lowest BCUT2D eigenvalue weighted by Gasteiger charge is -1.90. The lowest BCUT2D eigenvalue weighted by atomic mass is 10.3. The third kappa shape index (κ3) is 1.91. The first-order valence-corrected chi connectivity index (χ1v) is 6.51. The van der Waals surface area contributed by atoms with Crippen LogP contribution in [0.4, 0.5) is 0 Å². The molecular weight excluding hydrogens is 320 g/mol. The van der Waals surface area contributed by atoms with E-state index in [-0.39, 0.29) is 5.69 Å². The van der Waals surface area contributed by atoms with Crippen molar-refractivity contribution in [2.45, 2.75) is 0 Å². The number of thiophene rings is 1. The van der Waals surface area contributed by atoms with Crippen molar-refractivity contribution < 1.29 is 14.3 Å². The predicted molar refractivity (Wildman–Crippen MR) is 69.8 cm³/mol. The fourth-order valence-corrected chi connectivity index (χ4v) is 2.78. The van der Waals surface area contributed by atoms with E-state index in [1.807, 2.05) is 12.1 Å². The SMILES string of the molecule is O=C(O)c1ccc2oc(-c3ccc(Br)s3)nc2n1. The lowest BCUT2D eigenvalue weighted by Crippen LogP contribution is -1.99. The maximum absolute atomic E-state index is 10.8. The molecule has 7 heteroatoms. The van der Waals surface area contributed by atoms with E-state index in [1.54, 1.807) is 6.07 Å². The van der Waals surface area contributed by atoms with E-state index in [1.165, 1.54) is 17.4 Å². The molecule has 18 heavy (non-hydrogen) atoms. The van der Waals surface area contributed by atoms with E-state index in [2.05, 4.69) is 25.9 Å². The number of carboxylic acids is 1. The molecule has 0 bridgehead atoms. The molecule has 0 saturated carbocycles. The number of fused-ring (bicyclic) bond motifs is 1. The number of nitrogens with zero attached hydrogens (tertiary/aromatic N) is 2. The Morgan fingerprint density at radius 2 is 2.11 bits per heavy atom. The van der Waals surface area contributed by atoms with Gasteiger partial charge in [-0.1, -0.05) is 0 Å². The zero-order valence-electron chi connectivity index (χ0n) is 8.75. The quantitative estimate of drug-likeness (QED) is 0.781. The Labute approximate surface area is 113 Å². The van der Waals surface area contributed by atoms with Crippen LogP contribution in [0.5, 0.6) is 0 Å². The Balaban J connectivity index is 2.13. The average molecular weight is 325 g/mol. The number of oxazole rings is 1. The van der Waals surface area contributed by atoms with Gasteiger partial charge in [-0.05, 0) is 40.2 Å². The standard InChI is InChI=1S/C11H5BrN2O3S/c12-8-4-3-7(18-8)10-14-9-6(17-10)2-1-5(13-9)11(15)16/h1-4H,(H,15,16). The topological polar surface area (TPSA) is 76.2 Å². The average Bonchev–Trinajstić information content (AvgIpc) is 2.93. The van der Waals surface area contributed by atoms with E-state index in [4.69, 9.17) is 9.52 Å². The number of aromatic carboxylic acids is 1. The number of pyridine rings is 1. The zero-order chi connectivity index (χ0) is 12.7. The molecule has 0 radical (unpaired) electrons. The van der Waals surface area contributed by atoms with Gasteiger partial charge in [-0.15, -0.1) is 11.3 Å². The Bertz CT molecular complexity index is 750. The molecule has 0 amide bonds. The normalized spacial score (nSPS) is 10.9. The van der Waals surface area contributed by atoms with Crippen LogP contribution in [0.15, 0.2) is 32.5 Å². The molecule has 0 aliphatic heterocycles. The highest BCUT2D eigenvalue weighted by Gasteiger charge is 2.13. The van der Waals surface area contributed by atoms with Gasteiger partial charge in [-0.25, -0.2) is 9.78 Å². The minimum atomic E-state index is -1.08. The van der Waals surface area contributed by atoms with Gasteiger partial charge in [0.15, 0.2) is 16.9 Å². The molecule has 0 atom stereocenters. The van der Waals surface area contributed by atoms with Crippen LogP contribution >= 0.6 is 27.3 Å². The summed E-state index contributed by atoms with van der Waals surface area (Å²) in [5.74, 6) is -0.643. The van der Waals surface area contributed by atoms with E-state index in [0.717, 1.165) is 8.66 Å². The second kappa shape index (κ2) is 4.18. The molecule has 1 N–H and O–H groups in total. The van der Waals surface area contributed by atoms with Crippen LogP contribution in [-0.4, -0.2) is 21.0 Å². The number of rotatable bonds is 2. The Kier molecular flexibility index (Phi) is 2.64. The van der Waals surface area contributed by atoms with Crippen LogP contribution in [0.2, 0.25) is 0 Å². The second-order valence-electron chi connectivity index (χ2n) is 3.45. The zero-order valence-corrected chi connectivity index (χ0v) is 11.2. The highest BCUT2D eigenvalue weighted by atomic mass is 79.9. The van der Waals surface area contributed by atoms with E-state index in [0.29, 0.717) is 17.1 Å². The summed E-state index contributed by atoms with van der Waals surface area (Å²) >= 11 is 4.84. The van der Waals surface area contributed by atoms with Gasteiger partial charge in [-0.2, -0.15) is 4.98 Å². The van der Waals surface area contributed by atoms with E-state index >= 15 is 0 Å². The Morgan fingerprint density at radius 3 is 2.78 bits per heavy atom. The molecule has 0 aliphatic carbocycles. The van der Waals surface area contributed by atoms with E-state index < -0.39 is 5.97 Å². The first kappa shape index (κ1) is 11.4. The third-order valence-electron chi connectivity index (χ3n) is 2.26. The molecule has 0 aromatic carbocycles. The minimum absolute atomic E-state index is 0.0466. The molecule has 3 heterocycles. The van der Waals surface area contributed by atoms with Gasteiger partial charge in [0.05, 0.1) is 8.66 Å². The van der Waals surface area contributed by atoms with Crippen molar-refractivity contribution in [3.05, 3.63) is 33.7 Å². The fraction of sp³-hybridized carbons (Fsp3) is 0. The molecule has 3 rings (SSSR count). The van der Waals surface area contributed by atoms with Gasteiger partial charge < -0.3 is 9.52 Å². The summed E-state index contributed by atoms with van der Waals surface area (Å²) in [7, 11) is 0. The van der Waals surface area contributed by atoms with Crippen molar-refractivity contribution in [3.63, 3.8) is 0 Å². The van der Waals surface area contributed by atoms with Gasteiger partial charge >= 0.3 is 5.97 Å². The smallest absolute Gasteiger partial charge is 0.354 e. The van der Waals surface area contributed by atoms with Crippen molar-refractivity contribution in [1.82, 2.24) is 9.97 Å². The van der Waals surface area contributed by atoms with Crippen molar-refractivity contribution in [1.29, 1.82) is 0 Å². The first-order valence-electron chi connectivity index (χ1n) is 4.90. The van der Waals surface area contributed by atoms with Crippen LogP contribution in [0.3, 0.4) is 0 Å². The van der Waals surface area contributed by atoms with Crippen LogP contribution in [0.1, 0.15) is 10.5 Å². The fourth-order valence-electron chi connectivity index (χ4n) is 1.47. The number of aromatic nitrogens is 2. The van der Waals surface area contributed by atoms with Gasteiger partial charge in [0.1, 0.15) is 0 Å². The molecule has 0 fully saturated rings. The summed E-state index contributed by atoms with van der Waals surface area (Å²) in [5.41, 5.74) is 0.726. The second-order valence-corrected chi connectivity index (χ2v) is 5.91. The number of hydrogen-bond donors (Lipinski definition) is 1. The first-order chi connectivity index (χ1) is 8.63. The molecule has 0 aliphatic rings. The highest BCUT2D eigenvalue weighted by Crippen LogP contribution is 2.32. The molecule has 0 saturated heterocycles. The molecular formula is C11H5BrN2O3S. The maximum Gasteiger partial charge on any atom is 0.354 e. The molecule has 3 aromatic heterocycles. The van der Waals surface area contributed by atoms with Gasteiger partial charge in [0, 0.05) is 0 Å². The molecule has 0 unspecified atom stereocenters. The number of carboxylic acid groups (broad SMARTS) is 1. The van der Waals surface area contributed by atoms with E-state index in [9.17, 15) is 4.79 Å². The van der Waals surface area contributed by atoms with Gasteiger partial charge in [0.25, 0.3) is 0 Å². The monoisotopic (exact) mass is 324 g/mol. The minimum Gasteiger partial charge on any atom is -0.477 e. The van der Waals surface area contributed by atoms with Crippen molar-refractivity contribution in [2.24, 2.45) is 0 Å². The van der Waals surface area contributed by atoms with Crippen molar-refractivity contribution in [2.75, 3.05) is 0 Å². The van der Waals surface area contributed by atoms with Gasteiger partial charge in [0.2, 0.25) is 5.89 Å². The summed E-state index contributed by atoms with van der Waals surface area (Å²) in [4.78, 5) is 19.8. The lowest BCUT2D eigenvalue weighted by molar-refractivity contribution is 0.0691. The van der Waals surface area contributed by atoms with Gasteiger partial charge in [-0.3, -0.25) is 0 Å². The number of hydrogen-bond acceptors (Lipinski definition) is 5. The summed E-state index contributed by atoms with van der Waals surface area (Å²) < 4.78 is 6.50. The van der Waals surface area contributed by atoms with Crippen molar-refractivity contribution >= 4 is 44.5 Å². The third-order valence-corrected chi connectivity index (χ3v) is 3.87. The molecule has 90 valence electrons. The summed E-state index contributed by atoms with van der Waals surface area (Å²) in [6, 6.07) is 6.72. The van der Waals surface area contributed by atoms with Crippen LogP contribution in [-0.2, 0) is 0 Å². The Hall–Kier alpha value is -1.73. The summed E-state index contributed by atoms with van der Waals surface area (Å²) in [6.45, 7) is 0. The molecule has 3 aromatic rings. The summed E-state index contributed by atoms with van der Waals surface area (Å²) in [6.07, 6.45) is 0. The largest absolute Gasteiger partial charge is 0.477 e. The predicted octanol–water partition coefficient (Wildman–Crippen LogP) is 3.41. The maximum atomic E-state index is 10.8. The highest BCUT2D eigenvalue weighted by molar-refractivity contribution is 9.11. The number of halogens is 1. The van der Waals surface area contributed by atoms with Crippen LogP contribution in [0, 0.1) is 0 Å². The Morgan fingerprint density at radius 1 is 1.28 bits per heavy atom. The summed E-state index contributed by atoms with van der Waals surface area (Å²) in [5, 5.41) is 8.85.